The molecule has 1 heterocycles. The van der Waals surface area contributed by atoms with E-state index in [1.807, 2.05) is 25.2 Å². The summed E-state index contributed by atoms with van der Waals surface area (Å²) in [6, 6.07) is 7.23. The Morgan fingerprint density at radius 1 is 1.35 bits per heavy atom. The Labute approximate surface area is 122 Å². The van der Waals surface area contributed by atoms with Crippen molar-refractivity contribution in [3.8, 4) is 11.3 Å². The van der Waals surface area contributed by atoms with Crippen LogP contribution >= 0.6 is 11.6 Å². The fourth-order valence-corrected chi connectivity index (χ4v) is 2.09. The SMILES string of the molecule is CNCCNC(=O)c1c(-c2ccccc2Cl)noc1C. The Hall–Kier alpha value is -1.85. The van der Waals surface area contributed by atoms with Crippen LogP contribution in [0.4, 0.5) is 0 Å². The maximum atomic E-state index is 12.2. The van der Waals surface area contributed by atoms with E-state index in [1.165, 1.54) is 0 Å². The van der Waals surface area contributed by atoms with Crippen molar-refractivity contribution in [3.63, 3.8) is 0 Å². The van der Waals surface area contributed by atoms with Crippen molar-refractivity contribution < 1.29 is 9.32 Å². The van der Waals surface area contributed by atoms with Gasteiger partial charge in [-0.25, -0.2) is 0 Å². The monoisotopic (exact) mass is 293 g/mol. The average molecular weight is 294 g/mol. The lowest BCUT2D eigenvalue weighted by molar-refractivity contribution is 0.0953. The predicted molar refractivity (Wildman–Crippen MR) is 77.9 cm³/mol. The van der Waals surface area contributed by atoms with E-state index in [0.29, 0.717) is 40.7 Å². The van der Waals surface area contributed by atoms with Gasteiger partial charge in [0.25, 0.3) is 5.91 Å². The van der Waals surface area contributed by atoms with E-state index >= 15 is 0 Å². The first kappa shape index (κ1) is 14.6. The molecule has 6 heteroatoms. The molecule has 2 aromatic rings. The molecule has 0 saturated heterocycles. The molecule has 0 bridgehead atoms. The van der Waals surface area contributed by atoms with Crippen LogP contribution in [0.2, 0.25) is 5.02 Å². The number of carbonyl (C=O) groups excluding carboxylic acids is 1. The smallest absolute Gasteiger partial charge is 0.257 e. The van der Waals surface area contributed by atoms with Gasteiger partial charge in [0.2, 0.25) is 0 Å². The molecule has 1 amide bonds. The maximum absolute atomic E-state index is 12.2. The summed E-state index contributed by atoms with van der Waals surface area (Å²) < 4.78 is 5.15. The number of amides is 1. The molecule has 5 nitrogen and oxygen atoms in total. The molecule has 0 atom stereocenters. The topological polar surface area (TPSA) is 67.2 Å². The van der Waals surface area contributed by atoms with E-state index in [1.54, 1.807) is 13.0 Å². The van der Waals surface area contributed by atoms with Gasteiger partial charge < -0.3 is 15.2 Å². The van der Waals surface area contributed by atoms with E-state index in [9.17, 15) is 4.79 Å². The van der Waals surface area contributed by atoms with Gasteiger partial charge in [0, 0.05) is 18.7 Å². The number of nitrogens with zero attached hydrogens (tertiary/aromatic N) is 1. The summed E-state index contributed by atoms with van der Waals surface area (Å²) in [6.07, 6.45) is 0. The number of aryl methyl sites for hydroxylation is 1. The molecule has 0 fully saturated rings. The number of benzene rings is 1. The average Bonchev–Trinajstić information content (AvgIpc) is 2.81. The zero-order valence-electron chi connectivity index (χ0n) is 11.4. The summed E-state index contributed by atoms with van der Waals surface area (Å²) in [5.41, 5.74) is 1.58. The van der Waals surface area contributed by atoms with Crippen LogP contribution in [0, 0.1) is 6.92 Å². The molecular weight excluding hydrogens is 278 g/mol. The van der Waals surface area contributed by atoms with Crippen molar-refractivity contribution in [3.05, 3.63) is 40.6 Å². The quantitative estimate of drug-likeness (QED) is 0.830. The van der Waals surface area contributed by atoms with Crippen molar-refractivity contribution in [2.45, 2.75) is 6.92 Å². The van der Waals surface area contributed by atoms with E-state index in [-0.39, 0.29) is 5.91 Å². The van der Waals surface area contributed by atoms with E-state index in [4.69, 9.17) is 16.1 Å². The number of aromatic nitrogens is 1. The Kier molecular flexibility index (Phi) is 4.76. The first-order chi connectivity index (χ1) is 9.65. The molecule has 1 aromatic heterocycles. The minimum absolute atomic E-state index is 0.214. The van der Waals surface area contributed by atoms with E-state index < -0.39 is 0 Å². The third-order valence-electron chi connectivity index (χ3n) is 2.88. The fraction of sp³-hybridized carbons (Fsp3) is 0.286. The van der Waals surface area contributed by atoms with Gasteiger partial charge in [-0.1, -0.05) is 35.0 Å². The second kappa shape index (κ2) is 6.54. The Balaban J connectivity index is 2.33. The third-order valence-corrected chi connectivity index (χ3v) is 3.21. The second-order valence-electron chi connectivity index (χ2n) is 4.30. The van der Waals surface area contributed by atoms with Crippen molar-refractivity contribution in [2.75, 3.05) is 20.1 Å². The highest BCUT2D eigenvalue weighted by Crippen LogP contribution is 2.30. The summed E-state index contributed by atoms with van der Waals surface area (Å²) in [6.45, 7) is 2.93. The number of carbonyl (C=O) groups is 1. The van der Waals surface area contributed by atoms with Crippen molar-refractivity contribution >= 4 is 17.5 Å². The normalized spacial score (nSPS) is 10.6. The summed E-state index contributed by atoms with van der Waals surface area (Å²) in [5.74, 6) is 0.260. The third kappa shape index (κ3) is 3.00. The Morgan fingerprint density at radius 3 is 2.80 bits per heavy atom. The number of halogens is 1. The number of hydrogen-bond donors (Lipinski definition) is 2. The van der Waals surface area contributed by atoms with Crippen molar-refractivity contribution in [2.24, 2.45) is 0 Å². The van der Waals surface area contributed by atoms with Crippen LogP contribution in [0.25, 0.3) is 11.3 Å². The lowest BCUT2D eigenvalue weighted by atomic mass is 10.1. The molecule has 20 heavy (non-hydrogen) atoms. The molecule has 0 radical (unpaired) electrons. The van der Waals surface area contributed by atoms with Gasteiger partial charge in [0.05, 0.1) is 5.02 Å². The maximum Gasteiger partial charge on any atom is 0.257 e. The van der Waals surface area contributed by atoms with Crippen LogP contribution < -0.4 is 10.6 Å². The molecule has 2 N–H and O–H groups in total. The van der Waals surface area contributed by atoms with Crippen LogP contribution in [0.1, 0.15) is 16.1 Å². The minimum atomic E-state index is -0.214. The first-order valence-electron chi connectivity index (χ1n) is 6.29. The lowest BCUT2D eigenvalue weighted by Gasteiger charge is -2.06. The number of likely N-dealkylation sites (N-methyl/N-ethyl adjacent to an activating group) is 1. The molecule has 0 spiro atoms. The second-order valence-corrected chi connectivity index (χ2v) is 4.71. The van der Waals surface area contributed by atoms with E-state index in [0.717, 1.165) is 0 Å². The first-order valence-corrected chi connectivity index (χ1v) is 6.67. The van der Waals surface area contributed by atoms with Gasteiger partial charge in [-0.05, 0) is 20.0 Å². The molecule has 2 rings (SSSR count). The van der Waals surface area contributed by atoms with Gasteiger partial charge >= 0.3 is 0 Å². The highest BCUT2D eigenvalue weighted by molar-refractivity contribution is 6.33. The summed E-state index contributed by atoms with van der Waals surface area (Å²) in [4.78, 5) is 12.2. The number of rotatable bonds is 5. The van der Waals surface area contributed by atoms with Crippen LogP contribution in [-0.2, 0) is 0 Å². The van der Waals surface area contributed by atoms with Gasteiger partial charge in [-0.3, -0.25) is 4.79 Å². The summed E-state index contributed by atoms with van der Waals surface area (Å²) in [5, 5.41) is 10.3. The largest absolute Gasteiger partial charge is 0.360 e. The minimum Gasteiger partial charge on any atom is -0.360 e. The standard InChI is InChI=1S/C14H16ClN3O2/c1-9-12(14(19)17-8-7-16-2)13(18-20-9)10-5-3-4-6-11(10)15/h3-6,16H,7-8H2,1-2H3,(H,17,19). The molecule has 0 aliphatic rings. The van der Waals surface area contributed by atoms with Crippen molar-refractivity contribution in [1.82, 2.24) is 15.8 Å². The molecule has 0 saturated carbocycles. The number of hydrogen-bond acceptors (Lipinski definition) is 4. The molecular formula is C14H16ClN3O2. The van der Waals surface area contributed by atoms with Gasteiger partial charge in [-0.15, -0.1) is 0 Å². The Bertz CT molecular complexity index is 610. The lowest BCUT2D eigenvalue weighted by Crippen LogP contribution is -2.30. The molecule has 0 aliphatic heterocycles. The predicted octanol–water partition coefficient (Wildman–Crippen LogP) is 2.25. The van der Waals surface area contributed by atoms with Crippen molar-refractivity contribution in [1.29, 1.82) is 0 Å². The van der Waals surface area contributed by atoms with Crippen LogP contribution in [0.3, 0.4) is 0 Å². The summed E-state index contributed by atoms with van der Waals surface area (Å²) in [7, 11) is 1.83. The molecule has 0 unspecified atom stereocenters. The van der Waals surface area contributed by atoms with Gasteiger partial charge in [0.15, 0.2) is 0 Å². The van der Waals surface area contributed by atoms with Crippen LogP contribution in [0.5, 0.6) is 0 Å². The molecule has 0 aliphatic carbocycles. The summed E-state index contributed by atoms with van der Waals surface area (Å²) >= 11 is 6.15. The van der Waals surface area contributed by atoms with Crippen LogP contribution in [-0.4, -0.2) is 31.2 Å². The molecule has 1 aromatic carbocycles. The van der Waals surface area contributed by atoms with Gasteiger partial charge in [0.1, 0.15) is 17.0 Å². The van der Waals surface area contributed by atoms with E-state index in [2.05, 4.69) is 15.8 Å². The zero-order valence-corrected chi connectivity index (χ0v) is 12.1. The number of nitrogens with one attached hydrogen (secondary N) is 2. The highest BCUT2D eigenvalue weighted by atomic mass is 35.5. The van der Waals surface area contributed by atoms with Crippen LogP contribution in [0.15, 0.2) is 28.8 Å². The fourth-order valence-electron chi connectivity index (χ4n) is 1.87. The molecule has 106 valence electrons. The van der Waals surface area contributed by atoms with Gasteiger partial charge in [-0.2, -0.15) is 0 Å². The zero-order chi connectivity index (χ0) is 14.5. The highest BCUT2D eigenvalue weighted by Gasteiger charge is 2.22. The Morgan fingerprint density at radius 2 is 2.10 bits per heavy atom.